The Labute approximate surface area is 185 Å². The summed E-state index contributed by atoms with van der Waals surface area (Å²) in [5.41, 5.74) is 1.96. The first-order valence-electron chi connectivity index (χ1n) is 11.0. The Bertz CT molecular complexity index is 1010. The van der Waals surface area contributed by atoms with E-state index in [1.807, 2.05) is 16.8 Å². The van der Waals surface area contributed by atoms with E-state index in [0.29, 0.717) is 6.54 Å². The first-order chi connectivity index (χ1) is 15.7. The van der Waals surface area contributed by atoms with Crippen molar-refractivity contribution in [1.82, 2.24) is 25.1 Å². The maximum atomic E-state index is 13.6. The number of ether oxygens (including phenoxy) is 1. The average molecular weight is 440 g/mol. The van der Waals surface area contributed by atoms with Gasteiger partial charge in [-0.1, -0.05) is 12.1 Å². The minimum Gasteiger partial charge on any atom is -0.376 e. The Hall–Kier alpha value is -2.91. The molecule has 0 bridgehead atoms. The first-order valence-corrected chi connectivity index (χ1v) is 11.0. The van der Waals surface area contributed by atoms with Gasteiger partial charge in [-0.25, -0.2) is 13.5 Å². The fourth-order valence-electron chi connectivity index (χ4n) is 4.58. The van der Waals surface area contributed by atoms with Crippen molar-refractivity contribution in [2.45, 2.75) is 31.5 Å². The van der Waals surface area contributed by atoms with Crippen LogP contribution in [0.4, 0.5) is 14.5 Å². The molecule has 9 heteroatoms. The normalized spacial score (nSPS) is 20.6. The van der Waals surface area contributed by atoms with Crippen LogP contribution in [0, 0.1) is 11.6 Å². The molecule has 2 aromatic carbocycles. The number of nitrogens with zero attached hydrogens (tertiary/aromatic N) is 6. The second kappa shape index (κ2) is 9.30. The van der Waals surface area contributed by atoms with E-state index in [1.165, 1.54) is 24.3 Å². The number of hydrogen-bond donors (Lipinski definition) is 0. The van der Waals surface area contributed by atoms with Gasteiger partial charge in [-0.3, -0.25) is 4.90 Å². The molecule has 168 valence electrons. The molecule has 3 heterocycles. The Morgan fingerprint density at radius 3 is 2.28 bits per heavy atom. The van der Waals surface area contributed by atoms with Crippen LogP contribution in [0.1, 0.15) is 30.3 Å². The molecular formula is C23H26F2N6O. The predicted molar refractivity (Wildman–Crippen MR) is 115 cm³/mol. The summed E-state index contributed by atoms with van der Waals surface area (Å²) in [6.45, 7) is 4.50. The average Bonchev–Trinajstić information content (AvgIpc) is 3.49. The molecule has 3 aromatic rings. The summed E-state index contributed by atoms with van der Waals surface area (Å²) >= 11 is 0. The second-order valence-electron chi connectivity index (χ2n) is 8.31. The van der Waals surface area contributed by atoms with Crippen molar-refractivity contribution in [3.63, 3.8) is 0 Å². The molecule has 5 rings (SSSR count). The molecule has 0 aliphatic carbocycles. The van der Waals surface area contributed by atoms with Gasteiger partial charge in [0.2, 0.25) is 0 Å². The summed E-state index contributed by atoms with van der Waals surface area (Å²) in [7, 11) is 0. The van der Waals surface area contributed by atoms with E-state index in [2.05, 4.69) is 25.3 Å². The molecule has 32 heavy (non-hydrogen) atoms. The molecule has 0 radical (unpaired) electrons. The van der Waals surface area contributed by atoms with Crippen LogP contribution < -0.4 is 4.90 Å². The number of aromatic nitrogens is 4. The zero-order valence-corrected chi connectivity index (χ0v) is 17.8. The van der Waals surface area contributed by atoms with E-state index in [9.17, 15) is 8.78 Å². The second-order valence-corrected chi connectivity index (χ2v) is 8.31. The lowest BCUT2D eigenvalue weighted by Gasteiger charge is -2.40. The number of benzene rings is 2. The largest absolute Gasteiger partial charge is 0.376 e. The monoisotopic (exact) mass is 440 g/mol. The number of piperazine rings is 1. The summed E-state index contributed by atoms with van der Waals surface area (Å²) in [6.07, 6.45) is 2.16. The molecule has 0 amide bonds. The molecule has 0 saturated carbocycles. The quantitative estimate of drug-likeness (QED) is 0.587. The highest BCUT2D eigenvalue weighted by molar-refractivity contribution is 5.46. The van der Waals surface area contributed by atoms with Crippen molar-refractivity contribution in [3.05, 3.63) is 71.6 Å². The van der Waals surface area contributed by atoms with E-state index < -0.39 is 0 Å². The highest BCUT2D eigenvalue weighted by Crippen LogP contribution is 2.30. The van der Waals surface area contributed by atoms with Crippen molar-refractivity contribution in [3.8, 4) is 0 Å². The first kappa shape index (κ1) is 21.0. The maximum Gasteiger partial charge on any atom is 0.173 e. The van der Waals surface area contributed by atoms with Crippen LogP contribution in [-0.4, -0.2) is 64.0 Å². The summed E-state index contributed by atoms with van der Waals surface area (Å²) in [5, 5.41) is 12.6. The SMILES string of the molecule is Fc1ccc([C@H](c2nnnn2C[C@@H]2CCCO2)N2CCN(c3ccc(F)cc3)CC2)cc1. The third kappa shape index (κ3) is 4.49. The fraction of sp³-hybridized carbons (Fsp3) is 0.435. The van der Waals surface area contributed by atoms with Gasteiger partial charge < -0.3 is 9.64 Å². The topological polar surface area (TPSA) is 59.3 Å². The fourth-order valence-corrected chi connectivity index (χ4v) is 4.58. The molecule has 1 aromatic heterocycles. The lowest BCUT2D eigenvalue weighted by molar-refractivity contribution is 0.0906. The highest BCUT2D eigenvalue weighted by Gasteiger charge is 2.31. The van der Waals surface area contributed by atoms with Crippen molar-refractivity contribution in [2.24, 2.45) is 0 Å². The molecule has 7 nitrogen and oxygen atoms in total. The van der Waals surface area contributed by atoms with Gasteiger partial charge in [0, 0.05) is 38.5 Å². The van der Waals surface area contributed by atoms with Crippen LogP contribution in [0.15, 0.2) is 48.5 Å². The van der Waals surface area contributed by atoms with E-state index >= 15 is 0 Å². The predicted octanol–water partition coefficient (Wildman–Crippen LogP) is 3.04. The molecule has 2 atom stereocenters. The number of halogens is 2. The van der Waals surface area contributed by atoms with Crippen LogP contribution >= 0.6 is 0 Å². The van der Waals surface area contributed by atoms with Crippen molar-refractivity contribution < 1.29 is 13.5 Å². The van der Waals surface area contributed by atoms with Crippen LogP contribution in [0.5, 0.6) is 0 Å². The van der Waals surface area contributed by atoms with Gasteiger partial charge in [-0.15, -0.1) is 5.10 Å². The summed E-state index contributed by atoms with van der Waals surface area (Å²) in [5.74, 6) is 0.233. The van der Waals surface area contributed by atoms with Crippen LogP contribution in [0.3, 0.4) is 0 Å². The third-order valence-corrected chi connectivity index (χ3v) is 6.26. The number of rotatable bonds is 6. The Morgan fingerprint density at radius 1 is 0.938 bits per heavy atom. The molecule has 2 aliphatic rings. The summed E-state index contributed by atoms with van der Waals surface area (Å²) in [4.78, 5) is 4.57. The minimum absolute atomic E-state index is 0.112. The Morgan fingerprint density at radius 2 is 1.62 bits per heavy atom. The molecule has 2 fully saturated rings. The van der Waals surface area contributed by atoms with Gasteiger partial charge in [0.1, 0.15) is 11.6 Å². The standard InChI is InChI=1S/C23H26F2N6O/c24-18-5-3-17(4-6-18)22(23-26-27-28-31(23)16-21-2-1-15-32-21)30-13-11-29(12-14-30)20-9-7-19(25)8-10-20/h3-10,21-22H,1-2,11-16H2/t21-,22+/m0/s1. The Kier molecular flexibility index (Phi) is 6.09. The van der Waals surface area contributed by atoms with E-state index in [0.717, 1.165) is 62.7 Å². The molecular weight excluding hydrogens is 414 g/mol. The number of anilines is 1. The number of hydrogen-bond acceptors (Lipinski definition) is 6. The molecule has 0 spiro atoms. The smallest absolute Gasteiger partial charge is 0.173 e. The van der Waals surface area contributed by atoms with Gasteiger partial charge in [0.25, 0.3) is 0 Å². The van der Waals surface area contributed by atoms with Gasteiger partial charge in [0.05, 0.1) is 18.7 Å². The van der Waals surface area contributed by atoms with Gasteiger partial charge >= 0.3 is 0 Å². The molecule has 2 aliphatic heterocycles. The molecule has 2 saturated heterocycles. The lowest BCUT2D eigenvalue weighted by Crippen LogP contribution is -2.48. The van der Waals surface area contributed by atoms with Crippen LogP contribution in [-0.2, 0) is 11.3 Å². The molecule has 0 N–H and O–H groups in total. The summed E-state index contributed by atoms with van der Waals surface area (Å²) < 4.78 is 34.6. The zero-order chi connectivity index (χ0) is 21.9. The molecule has 0 unspecified atom stereocenters. The maximum absolute atomic E-state index is 13.6. The van der Waals surface area contributed by atoms with Crippen molar-refractivity contribution in [2.75, 3.05) is 37.7 Å². The Balaban J connectivity index is 1.38. The van der Waals surface area contributed by atoms with E-state index in [-0.39, 0.29) is 23.8 Å². The van der Waals surface area contributed by atoms with Crippen molar-refractivity contribution in [1.29, 1.82) is 0 Å². The van der Waals surface area contributed by atoms with Gasteiger partial charge in [0.15, 0.2) is 5.82 Å². The van der Waals surface area contributed by atoms with Crippen LogP contribution in [0.2, 0.25) is 0 Å². The summed E-state index contributed by atoms with van der Waals surface area (Å²) in [6, 6.07) is 13.0. The number of tetrazole rings is 1. The van der Waals surface area contributed by atoms with E-state index in [1.54, 1.807) is 12.1 Å². The lowest BCUT2D eigenvalue weighted by atomic mass is 10.0. The minimum atomic E-state index is -0.271. The van der Waals surface area contributed by atoms with Crippen molar-refractivity contribution >= 4 is 5.69 Å². The third-order valence-electron chi connectivity index (χ3n) is 6.26. The highest BCUT2D eigenvalue weighted by atomic mass is 19.1. The van der Waals surface area contributed by atoms with E-state index in [4.69, 9.17) is 4.74 Å². The van der Waals surface area contributed by atoms with Crippen LogP contribution in [0.25, 0.3) is 0 Å². The van der Waals surface area contributed by atoms with Gasteiger partial charge in [-0.2, -0.15) is 0 Å². The zero-order valence-electron chi connectivity index (χ0n) is 17.8. The van der Waals surface area contributed by atoms with Gasteiger partial charge in [-0.05, 0) is 65.2 Å².